The van der Waals surface area contributed by atoms with Gasteiger partial charge in [-0.1, -0.05) is 25.2 Å². The van der Waals surface area contributed by atoms with E-state index >= 15 is 0 Å². The maximum atomic E-state index is 13.5. The zero-order valence-electron chi connectivity index (χ0n) is 19.6. The van der Waals surface area contributed by atoms with E-state index in [1.807, 2.05) is 18.2 Å². The number of carbonyl (C=O) groups excluding carboxylic acids is 1. The predicted octanol–water partition coefficient (Wildman–Crippen LogP) is 3.54. The maximum Gasteiger partial charge on any atom is 0.260 e. The predicted molar refractivity (Wildman–Crippen MR) is 133 cm³/mol. The minimum Gasteiger partial charge on any atom is -0.497 e. The molecule has 0 aliphatic heterocycles. The summed E-state index contributed by atoms with van der Waals surface area (Å²) in [6.45, 7) is 7.10. The molecule has 10 heteroatoms. The van der Waals surface area contributed by atoms with E-state index in [0.29, 0.717) is 23.8 Å². The van der Waals surface area contributed by atoms with Crippen LogP contribution < -0.4 is 9.64 Å². The highest BCUT2D eigenvalue weighted by Crippen LogP contribution is 2.32. The van der Waals surface area contributed by atoms with Crippen LogP contribution in [0.3, 0.4) is 0 Å². The molecule has 8 nitrogen and oxygen atoms in total. The van der Waals surface area contributed by atoms with Gasteiger partial charge in [-0.2, -0.15) is 0 Å². The minimum atomic E-state index is -3.56. The summed E-state index contributed by atoms with van der Waals surface area (Å²) in [6.07, 6.45) is 0. The van der Waals surface area contributed by atoms with Gasteiger partial charge >= 0.3 is 0 Å². The van der Waals surface area contributed by atoms with Crippen molar-refractivity contribution in [3.8, 4) is 5.75 Å². The fourth-order valence-electron chi connectivity index (χ4n) is 3.34. The monoisotopic (exact) mass is 490 g/mol. The number of benzene rings is 2. The molecule has 0 N–H and O–H groups in total. The van der Waals surface area contributed by atoms with E-state index in [1.165, 1.54) is 37.6 Å². The third-order valence-corrected chi connectivity index (χ3v) is 8.34. The van der Waals surface area contributed by atoms with Gasteiger partial charge in [0.2, 0.25) is 10.0 Å². The topological polar surface area (TPSA) is 83.1 Å². The molecule has 0 radical (unpaired) electrons. The maximum absolute atomic E-state index is 13.5. The highest BCUT2D eigenvalue weighted by atomic mass is 32.2. The average molecular weight is 491 g/mol. The van der Waals surface area contributed by atoms with Crippen LogP contribution in [0.5, 0.6) is 5.75 Å². The highest BCUT2D eigenvalue weighted by Gasteiger charge is 2.23. The van der Waals surface area contributed by atoms with Crippen LogP contribution in [0.15, 0.2) is 47.4 Å². The summed E-state index contributed by atoms with van der Waals surface area (Å²) in [4.78, 5) is 22.3. The molecule has 178 valence electrons. The molecule has 1 amide bonds. The van der Waals surface area contributed by atoms with Crippen molar-refractivity contribution in [2.24, 2.45) is 0 Å². The number of thiazole rings is 1. The van der Waals surface area contributed by atoms with E-state index in [2.05, 4.69) is 18.7 Å². The van der Waals surface area contributed by atoms with Gasteiger partial charge in [0.05, 0.1) is 22.2 Å². The number of nitrogens with zero attached hydrogens (tertiary/aromatic N) is 4. The molecule has 0 bridgehead atoms. The summed E-state index contributed by atoms with van der Waals surface area (Å²) in [5.74, 6) is 0.512. The molecule has 1 heterocycles. The van der Waals surface area contributed by atoms with Gasteiger partial charge in [-0.05, 0) is 55.6 Å². The number of carbonyl (C=O) groups is 1. The third kappa shape index (κ3) is 5.52. The Bertz CT molecular complexity index is 1200. The normalized spacial score (nSPS) is 12.0. The van der Waals surface area contributed by atoms with Crippen molar-refractivity contribution in [2.45, 2.75) is 18.7 Å². The molecule has 0 saturated carbocycles. The van der Waals surface area contributed by atoms with E-state index in [1.54, 1.807) is 24.1 Å². The Morgan fingerprint density at radius 1 is 1.03 bits per heavy atom. The first-order valence-corrected chi connectivity index (χ1v) is 13.0. The van der Waals surface area contributed by atoms with Gasteiger partial charge in [0.1, 0.15) is 5.75 Å². The number of sulfonamides is 1. The summed E-state index contributed by atoms with van der Waals surface area (Å²) in [7, 11) is 1.01. The summed E-state index contributed by atoms with van der Waals surface area (Å²) in [6, 6.07) is 11.7. The van der Waals surface area contributed by atoms with E-state index in [4.69, 9.17) is 9.72 Å². The Morgan fingerprint density at radius 2 is 1.70 bits per heavy atom. The number of amides is 1. The van der Waals surface area contributed by atoms with Crippen LogP contribution in [0.4, 0.5) is 5.13 Å². The molecule has 0 aliphatic carbocycles. The van der Waals surface area contributed by atoms with E-state index in [0.717, 1.165) is 33.4 Å². The first-order chi connectivity index (χ1) is 15.7. The fourth-order valence-corrected chi connectivity index (χ4v) is 5.26. The number of likely N-dealkylation sites (N-methyl/N-ethyl adjacent to an activating group) is 1. The number of methoxy groups -OCH3 is 1. The van der Waals surface area contributed by atoms with Gasteiger partial charge in [-0.15, -0.1) is 0 Å². The van der Waals surface area contributed by atoms with Crippen LogP contribution in [0.1, 0.15) is 24.2 Å². The van der Waals surface area contributed by atoms with Crippen molar-refractivity contribution < 1.29 is 17.9 Å². The van der Waals surface area contributed by atoms with E-state index < -0.39 is 10.0 Å². The summed E-state index contributed by atoms with van der Waals surface area (Å²) in [5, 5.41) is 0.598. The molecule has 0 saturated heterocycles. The Hall–Kier alpha value is -2.53. The first-order valence-electron chi connectivity index (χ1n) is 10.7. The molecular weight excluding hydrogens is 460 g/mol. The Labute approximate surface area is 199 Å². The molecule has 2 aromatic carbocycles. The average Bonchev–Trinajstić information content (AvgIpc) is 3.24. The summed E-state index contributed by atoms with van der Waals surface area (Å²) in [5.41, 5.74) is 1.20. The SMILES string of the molecule is CCN(CC)CCN(C(=O)c1ccc(S(=O)(=O)N(C)C)cc1)c1nc2ccc(OC)cc2s1. The lowest BCUT2D eigenvalue weighted by Gasteiger charge is -2.24. The van der Waals surface area contributed by atoms with Gasteiger partial charge < -0.3 is 9.64 Å². The van der Waals surface area contributed by atoms with Gasteiger partial charge in [-0.25, -0.2) is 17.7 Å². The number of aromatic nitrogens is 1. The van der Waals surface area contributed by atoms with Crippen LogP contribution >= 0.6 is 11.3 Å². The second-order valence-corrected chi connectivity index (χ2v) is 10.8. The largest absolute Gasteiger partial charge is 0.497 e. The smallest absolute Gasteiger partial charge is 0.260 e. The molecule has 0 fully saturated rings. The molecule has 0 unspecified atom stereocenters. The number of hydrogen-bond donors (Lipinski definition) is 0. The van der Waals surface area contributed by atoms with Crippen LogP contribution in [-0.2, 0) is 10.0 Å². The summed E-state index contributed by atoms with van der Waals surface area (Å²) >= 11 is 1.43. The molecule has 3 aromatic rings. The Morgan fingerprint density at radius 3 is 2.27 bits per heavy atom. The highest BCUT2D eigenvalue weighted by molar-refractivity contribution is 7.89. The number of hydrogen-bond acceptors (Lipinski definition) is 7. The van der Waals surface area contributed by atoms with Crippen molar-refractivity contribution in [1.82, 2.24) is 14.2 Å². The molecule has 0 aliphatic rings. The summed E-state index contributed by atoms with van der Waals surface area (Å²) < 4.78 is 32.1. The lowest BCUT2D eigenvalue weighted by atomic mass is 10.2. The molecule has 0 atom stereocenters. The van der Waals surface area contributed by atoms with Crippen LogP contribution in [0.25, 0.3) is 10.2 Å². The minimum absolute atomic E-state index is 0.144. The van der Waals surface area contributed by atoms with Crippen molar-refractivity contribution in [3.05, 3.63) is 48.0 Å². The lowest BCUT2D eigenvalue weighted by molar-refractivity contribution is 0.0983. The second kappa shape index (κ2) is 10.6. The molecule has 0 spiro atoms. The molecule has 1 aromatic heterocycles. The van der Waals surface area contributed by atoms with Gasteiger partial charge in [-0.3, -0.25) is 9.69 Å². The number of rotatable bonds is 10. The van der Waals surface area contributed by atoms with Crippen molar-refractivity contribution >= 4 is 42.6 Å². The molecule has 33 heavy (non-hydrogen) atoms. The van der Waals surface area contributed by atoms with Crippen molar-refractivity contribution in [2.75, 3.05) is 52.3 Å². The second-order valence-electron chi connectivity index (χ2n) is 7.63. The van der Waals surface area contributed by atoms with E-state index in [9.17, 15) is 13.2 Å². The van der Waals surface area contributed by atoms with Crippen LogP contribution in [0.2, 0.25) is 0 Å². The van der Waals surface area contributed by atoms with Crippen LogP contribution in [-0.4, -0.2) is 75.9 Å². The number of fused-ring (bicyclic) bond motifs is 1. The first kappa shape index (κ1) is 25.1. The zero-order valence-corrected chi connectivity index (χ0v) is 21.2. The van der Waals surface area contributed by atoms with Gasteiger partial charge in [0, 0.05) is 32.7 Å². The zero-order chi connectivity index (χ0) is 24.2. The van der Waals surface area contributed by atoms with Crippen LogP contribution in [0, 0.1) is 0 Å². The number of anilines is 1. The lowest BCUT2D eigenvalue weighted by Crippen LogP contribution is -2.38. The van der Waals surface area contributed by atoms with Crippen molar-refractivity contribution in [1.29, 1.82) is 0 Å². The van der Waals surface area contributed by atoms with E-state index in [-0.39, 0.29) is 10.8 Å². The fraction of sp³-hybridized carbons (Fsp3) is 0.391. The van der Waals surface area contributed by atoms with Crippen molar-refractivity contribution in [3.63, 3.8) is 0 Å². The Balaban J connectivity index is 1.96. The Kier molecular flexibility index (Phi) is 8.06. The number of ether oxygens (including phenoxy) is 1. The van der Waals surface area contributed by atoms with Gasteiger partial charge in [0.25, 0.3) is 5.91 Å². The standard InChI is InChI=1S/C23H30N4O4S2/c1-6-26(7-2)14-15-27(23-24-20-13-10-18(31-5)16-21(20)32-23)22(28)17-8-11-19(12-9-17)33(29,30)25(3)4/h8-13,16H,6-7,14-15H2,1-5H3. The quantitative estimate of drug-likeness (QED) is 0.432. The van der Waals surface area contributed by atoms with Gasteiger partial charge in [0.15, 0.2) is 5.13 Å². The molecular formula is C23H30N4O4S2. The molecule has 3 rings (SSSR count). The third-order valence-electron chi connectivity index (χ3n) is 5.47.